The van der Waals surface area contributed by atoms with Crippen LogP contribution in [0.5, 0.6) is 0 Å². The molecule has 0 fully saturated rings. The van der Waals surface area contributed by atoms with Crippen LogP contribution in [0.1, 0.15) is 206 Å². The van der Waals surface area contributed by atoms with Crippen molar-refractivity contribution in [1.29, 1.82) is 0 Å². The molecule has 10 heteroatoms. The fraction of sp³-hybridized carbons (Fsp3) is 0.822. The highest BCUT2D eigenvalue weighted by Crippen LogP contribution is 2.43. The van der Waals surface area contributed by atoms with Crippen LogP contribution in [0.15, 0.2) is 36.5 Å². The Morgan fingerprint density at radius 3 is 1.44 bits per heavy atom. The lowest BCUT2D eigenvalue weighted by atomic mass is 10.0. The highest BCUT2D eigenvalue weighted by Gasteiger charge is 2.26. The number of carbonyl (C=O) groups excluding carboxylic acids is 2. The first-order valence-corrected chi connectivity index (χ1v) is 24.0. The zero-order chi connectivity index (χ0) is 40.3. The number of unbranched alkanes of at least 4 members (excludes halogenated alkanes) is 23. The maximum atomic E-state index is 12.6. The molecule has 0 aromatic heterocycles. The smallest absolute Gasteiger partial charge is 0.462 e. The average Bonchev–Trinajstić information content (AvgIpc) is 3.17. The highest BCUT2D eigenvalue weighted by molar-refractivity contribution is 7.47. The van der Waals surface area contributed by atoms with Gasteiger partial charge in [-0.3, -0.25) is 18.6 Å². The van der Waals surface area contributed by atoms with Crippen LogP contribution >= 0.6 is 7.82 Å². The summed E-state index contributed by atoms with van der Waals surface area (Å²) in [5.41, 5.74) is 5.35. The van der Waals surface area contributed by atoms with Crippen LogP contribution in [0.3, 0.4) is 0 Å². The summed E-state index contributed by atoms with van der Waals surface area (Å²) in [4.78, 5) is 34.9. The predicted octanol–water partition coefficient (Wildman–Crippen LogP) is 12.9. The van der Waals surface area contributed by atoms with E-state index < -0.39 is 32.5 Å². The predicted molar refractivity (Wildman–Crippen MR) is 229 cm³/mol. The lowest BCUT2D eigenvalue weighted by Crippen LogP contribution is -2.29. The summed E-state index contributed by atoms with van der Waals surface area (Å²) in [6, 6.07) is 0. The van der Waals surface area contributed by atoms with Gasteiger partial charge in [0.15, 0.2) is 6.10 Å². The van der Waals surface area contributed by atoms with E-state index in [0.717, 1.165) is 51.4 Å². The van der Waals surface area contributed by atoms with Crippen molar-refractivity contribution in [1.82, 2.24) is 0 Å². The van der Waals surface area contributed by atoms with Crippen molar-refractivity contribution in [2.45, 2.75) is 213 Å². The number of phosphoric ester groups is 1. The molecule has 0 saturated heterocycles. The van der Waals surface area contributed by atoms with Crippen LogP contribution in [0, 0.1) is 0 Å². The third kappa shape index (κ3) is 41.7. The molecule has 0 heterocycles. The monoisotopic (exact) mass is 798 g/mol. The van der Waals surface area contributed by atoms with E-state index in [1.807, 2.05) is 0 Å². The number of carbonyl (C=O) groups is 2. The molecule has 0 aromatic carbocycles. The fourth-order valence-electron chi connectivity index (χ4n) is 6.17. The minimum absolute atomic E-state index is 0.0508. The van der Waals surface area contributed by atoms with Crippen LogP contribution in [0.4, 0.5) is 0 Å². The molecule has 55 heavy (non-hydrogen) atoms. The number of phosphoric acid groups is 1. The molecule has 0 amide bonds. The molecule has 0 aromatic rings. The van der Waals surface area contributed by atoms with Crippen LogP contribution in [0.2, 0.25) is 0 Å². The van der Waals surface area contributed by atoms with E-state index in [0.29, 0.717) is 12.8 Å². The van der Waals surface area contributed by atoms with Crippen molar-refractivity contribution in [3.63, 3.8) is 0 Å². The van der Waals surface area contributed by atoms with Crippen molar-refractivity contribution in [3.8, 4) is 0 Å². The maximum absolute atomic E-state index is 12.6. The molecular weight excluding hydrogens is 713 g/mol. The Bertz CT molecular complexity index is 1000. The number of esters is 2. The Balaban J connectivity index is 4.16. The van der Waals surface area contributed by atoms with Crippen LogP contribution < -0.4 is 5.73 Å². The van der Waals surface area contributed by atoms with E-state index in [4.69, 9.17) is 24.3 Å². The first kappa shape index (κ1) is 53.2. The van der Waals surface area contributed by atoms with Gasteiger partial charge in [-0.05, 0) is 51.4 Å². The third-order valence-corrected chi connectivity index (χ3v) is 10.5. The number of nitrogens with two attached hydrogens (primary N) is 1. The van der Waals surface area contributed by atoms with Crippen LogP contribution in [-0.2, 0) is 32.7 Å². The van der Waals surface area contributed by atoms with Gasteiger partial charge in [0.1, 0.15) is 6.61 Å². The standard InChI is InChI=1S/C45H84NO8P/c1-3-5-7-9-11-13-15-17-19-21-23-25-27-29-31-33-35-37-44(47)51-41-43(42-53-55(49,50)52-40-39-46)54-45(48)38-36-34-32-30-28-26-24-22-20-18-16-14-12-10-8-6-4-2/h11,13,17,19,23,25,43H,3-10,12,14-16,18,20-22,24,26-42,46H2,1-2H3,(H,49,50)/b13-11+,19-17+,25-23+/t43-/m1/s1. The van der Waals surface area contributed by atoms with Crippen molar-refractivity contribution >= 4 is 19.8 Å². The average molecular weight is 798 g/mol. The zero-order valence-electron chi connectivity index (χ0n) is 35.4. The first-order chi connectivity index (χ1) is 26.8. The molecule has 0 aliphatic carbocycles. The Kier molecular flexibility index (Phi) is 40.5. The maximum Gasteiger partial charge on any atom is 0.472 e. The minimum Gasteiger partial charge on any atom is -0.462 e. The number of hydrogen-bond acceptors (Lipinski definition) is 8. The number of ether oxygens (including phenoxy) is 2. The van der Waals surface area contributed by atoms with Gasteiger partial charge < -0.3 is 20.1 Å². The van der Waals surface area contributed by atoms with Crippen molar-refractivity contribution < 1.29 is 37.6 Å². The van der Waals surface area contributed by atoms with Gasteiger partial charge in [0.2, 0.25) is 0 Å². The summed E-state index contributed by atoms with van der Waals surface area (Å²) in [6.07, 6.45) is 46.0. The highest BCUT2D eigenvalue weighted by atomic mass is 31.2. The molecule has 0 radical (unpaired) electrons. The van der Waals surface area contributed by atoms with Crippen molar-refractivity contribution in [2.75, 3.05) is 26.4 Å². The molecule has 3 N–H and O–H groups in total. The normalized spacial score (nSPS) is 13.6. The van der Waals surface area contributed by atoms with Gasteiger partial charge in [0.25, 0.3) is 0 Å². The summed E-state index contributed by atoms with van der Waals surface area (Å²) in [6.45, 7) is 3.70. The van der Waals surface area contributed by atoms with E-state index in [9.17, 15) is 19.0 Å². The molecule has 0 aliphatic heterocycles. The molecule has 2 atom stereocenters. The lowest BCUT2D eigenvalue weighted by Gasteiger charge is -2.19. The van der Waals surface area contributed by atoms with Gasteiger partial charge in [-0.1, -0.05) is 179 Å². The van der Waals surface area contributed by atoms with E-state index in [1.165, 1.54) is 116 Å². The molecule has 0 aliphatic rings. The Hall–Kier alpha value is -1.77. The van der Waals surface area contributed by atoms with E-state index >= 15 is 0 Å². The summed E-state index contributed by atoms with van der Waals surface area (Å²) in [5, 5.41) is 0. The quantitative estimate of drug-likeness (QED) is 0.0268. The molecule has 0 bridgehead atoms. The Morgan fingerprint density at radius 2 is 0.945 bits per heavy atom. The van der Waals surface area contributed by atoms with Gasteiger partial charge in [-0.15, -0.1) is 0 Å². The third-order valence-electron chi connectivity index (χ3n) is 9.53. The number of allylic oxidation sites excluding steroid dienone is 6. The van der Waals surface area contributed by atoms with Crippen LogP contribution in [-0.4, -0.2) is 49.3 Å². The van der Waals surface area contributed by atoms with Gasteiger partial charge in [0, 0.05) is 19.4 Å². The SMILES string of the molecule is CCCCC/C=C/C/C=C/C/C=C/CCCCCCC(=O)OC[C@H](COP(=O)(O)OCCN)OC(=O)CCCCCCCCCCCCCCCCCCC. The van der Waals surface area contributed by atoms with Gasteiger partial charge in [-0.25, -0.2) is 4.57 Å². The van der Waals surface area contributed by atoms with Gasteiger partial charge in [0.05, 0.1) is 13.2 Å². The largest absolute Gasteiger partial charge is 0.472 e. The summed E-state index contributed by atoms with van der Waals surface area (Å²) in [5.74, 6) is -0.847. The second-order valence-corrected chi connectivity index (χ2v) is 16.4. The lowest BCUT2D eigenvalue weighted by molar-refractivity contribution is -0.161. The fourth-order valence-corrected chi connectivity index (χ4v) is 6.94. The van der Waals surface area contributed by atoms with Crippen molar-refractivity contribution in [3.05, 3.63) is 36.5 Å². The molecule has 322 valence electrons. The van der Waals surface area contributed by atoms with Gasteiger partial charge in [-0.2, -0.15) is 0 Å². The summed E-state index contributed by atoms with van der Waals surface area (Å²) >= 11 is 0. The molecular formula is C45H84NO8P. The van der Waals surface area contributed by atoms with E-state index in [-0.39, 0.29) is 32.6 Å². The van der Waals surface area contributed by atoms with Crippen molar-refractivity contribution in [2.24, 2.45) is 5.73 Å². The summed E-state index contributed by atoms with van der Waals surface area (Å²) < 4.78 is 32.8. The topological polar surface area (TPSA) is 134 Å². The number of hydrogen-bond donors (Lipinski definition) is 2. The molecule has 0 rings (SSSR count). The Morgan fingerprint density at radius 1 is 0.545 bits per heavy atom. The van der Waals surface area contributed by atoms with Crippen LogP contribution in [0.25, 0.3) is 0 Å². The molecule has 9 nitrogen and oxygen atoms in total. The number of rotatable bonds is 42. The van der Waals surface area contributed by atoms with E-state index in [2.05, 4.69) is 50.3 Å². The second kappa shape index (κ2) is 41.9. The zero-order valence-corrected chi connectivity index (χ0v) is 36.3. The second-order valence-electron chi connectivity index (χ2n) is 14.9. The Labute approximate surface area is 337 Å². The van der Waals surface area contributed by atoms with E-state index in [1.54, 1.807) is 0 Å². The minimum atomic E-state index is -4.38. The first-order valence-electron chi connectivity index (χ1n) is 22.5. The molecule has 0 saturated carbocycles. The molecule has 1 unspecified atom stereocenters. The van der Waals surface area contributed by atoms with Gasteiger partial charge >= 0.3 is 19.8 Å². The molecule has 0 spiro atoms. The summed E-state index contributed by atoms with van der Waals surface area (Å²) in [7, 11) is -4.38.